The summed E-state index contributed by atoms with van der Waals surface area (Å²) in [4.78, 5) is 15.6. The minimum absolute atomic E-state index is 0.187. The molecule has 2 N–H and O–H groups in total. The molecule has 0 aromatic heterocycles. The number of hydrogen-bond donors (Lipinski definition) is 2. The third-order valence-electron chi connectivity index (χ3n) is 10.2. The van der Waals surface area contributed by atoms with Crippen LogP contribution in [0.1, 0.15) is 80.3 Å². The highest BCUT2D eigenvalue weighted by Crippen LogP contribution is 2.47. The van der Waals surface area contributed by atoms with Crippen molar-refractivity contribution in [2.45, 2.75) is 82.0 Å². The molecule has 1 saturated carbocycles. The summed E-state index contributed by atoms with van der Waals surface area (Å²) >= 11 is 6.39. The first-order chi connectivity index (χ1) is 19.5. The molecule has 2 aliphatic carbocycles. The molecule has 4 aliphatic rings. The first-order valence-electron chi connectivity index (χ1n) is 15.1. The fourth-order valence-electron chi connectivity index (χ4n) is 7.53. The summed E-state index contributed by atoms with van der Waals surface area (Å²) in [5.74, 6) is 0.805. The predicted molar refractivity (Wildman–Crippen MR) is 161 cm³/mol. The summed E-state index contributed by atoms with van der Waals surface area (Å²) in [6, 6.07) is 11.4. The number of carbonyl (C=O) groups excluding carboxylic acids is 1. The molecule has 1 spiro atoms. The van der Waals surface area contributed by atoms with Gasteiger partial charge in [-0.3, -0.25) is 4.79 Å². The number of anilines is 1. The predicted octanol–water partition coefficient (Wildman–Crippen LogP) is 5.47. The van der Waals surface area contributed by atoms with E-state index >= 15 is 0 Å². The van der Waals surface area contributed by atoms with E-state index in [0.29, 0.717) is 49.6 Å². The molecule has 2 bridgehead atoms. The van der Waals surface area contributed by atoms with Crippen molar-refractivity contribution in [3.05, 3.63) is 58.1 Å². The first kappa shape index (κ1) is 28.8. The third-order valence-corrected chi connectivity index (χ3v) is 12.2. The van der Waals surface area contributed by atoms with Crippen LogP contribution in [-0.4, -0.2) is 50.5 Å². The van der Waals surface area contributed by atoms with Gasteiger partial charge in [-0.1, -0.05) is 24.6 Å². The summed E-state index contributed by atoms with van der Waals surface area (Å²) in [5.41, 5.74) is 3.39. The van der Waals surface area contributed by atoms with Gasteiger partial charge in [0.05, 0.1) is 23.6 Å². The molecule has 222 valence electrons. The maximum atomic E-state index is 13.3. The summed E-state index contributed by atoms with van der Waals surface area (Å²) in [6.45, 7) is 5.70. The maximum absolute atomic E-state index is 13.3. The molecular formula is C32H41ClN2O5S. The molecule has 0 unspecified atom stereocenters. The van der Waals surface area contributed by atoms with Crippen LogP contribution in [0.3, 0.4) is 0 Å². The molecule has 1 fully saturated rings. The second-order valence-electron chi connectivity index (χ2n) is 13.1. The van der Waals surface area contributed by atoms with Crippen molar-refractivity contribution in [1.82, 2.24) is 4.72 Å². The van der Waals surface area contributed by atoms with Crippen molar-refractivity contribution in [2.75, 3.05) is 24.6 Å². The summed E-state index contributed by atoms with van der Waals surface area (Å²) in [7, 11) is -3.85. The molecule has 0 saturated heterocycles. The van der Waals surface area contributed by atoms with Gasteiger partial charge >= 0.3 is 0 Å². The average Bonchev–Trinajstić information content (AvgIpc) is 3.05. The Morgan fingerprint density at radius 2 is 1.93 bits per heavy atom. The van der Waals surface area contributed by atoms with E-state index in [2.05, 4.69) is 28.7 Å². The molecule has 2 heterocycles. The van der Waals surface area contributed by atoms with Crippen LogP contribution in [0.15, 0.2) is 36.4 Å². The number of aryl methyl sites for hydroxylation is 1. The van der Waals surface area contributed by atoms with E-state index in [1.54, 1.807) is 25.1 Å². The molecule has 41 heavy (non-hydrogen) atoms. The highest BCUT2D eigenvalue weighted by molar-refractivity contribution is 7.90. The lowest BCUT2D eigenvalue weighted by atomic mass is 9.67. The molecule has 2 aromatic carbocycles. The second-order valence-corrected chi connectivity index (χ2v) is 15.6. The number of halogens is 1. The number of aliphatic hydroxyl groups is 1. The lowest BCUT2D eigenvalue weighted by Crippen LogP contribution is -2.49. The summed E-state index contributed by atoms with van der Waals surface area (Å²) < 4.78 is 34.9. The Hall–Kier alpha value is -2.29. The smallest absolute Gasteiger partial charge is 0.264 e. The van der Waals surface area contributed by atoms with Crippen molar-refractivity contribution >= 4 is 33.2 Å². The molecule has 6 atom stereocenters. The Labute approximate surface area is 248 Å². The van der Waals surface area contributed by atoms with E-state index < -0.39 is 27.3 Å². The fourth-order valence-corrected chi connectivity index (χ4v) is 8.75. The van der Waals surface area contributed by atoms with Crippen molar-refractivity contribution in [3.8, 4) is 5.75 Å². The number of amides is 1. The van der Waals surface area contributed by atoms with E-state index in [0.717, 1.165) is 49.4 Å². The van der Waals surface area contributed by atoms with Crippen molar-refractivity contribution in [2.24, 2.45) is 17.8 Å². The molecule has 6 rings (SSSR count). The minimum Gasteiger partial charge on any atom is -0.490 e. The number of nitrogens with one attached hydrogen (secondary N) is 1. The van der Waals surface area contributed by atoms with Crippen molar-refractivity contribution in [3.63, 3.8) is 0 Å². The van der Waals surface area contributed by atoms with Gasteiger partial charge in [-0.2, -0.15) is 0 Å². The van der Waals surface area contributed by atoms with Gasteiger partial charge in [-0.25, -0.2) is 13.1 Å². The minimum atomic E-state index is -3.85. The Balaban J connectivity index is 1.41. The van der Waals surface area contributed by atoms with E-state index in [-0.39, 0.29) is 17.3 Å². The molecule has 2 aliphatic heterocycles. The Bertz CT molecular complexity index is 1430. The quantitative estimate of drug-likeness (QED) is 0.416. The molecule has 2 aromatic rings. The normalized spacial score (nSPS) is 33.4. The number of hydrogen-bond acceptors (Lipinski definition) is 6. The summed E-state index contributed by atoms with van der Waals surface area (Å²) in [6.07, 6.45) is 6.40. The highest BCUT2D eigenvalue weighted by Gasteiger charge is 2.44. The van der Waals surface area contributed by atoms with Crippen LogP contribution in [0, 0.1) is 17.8 Å². The Kier molecular flexibility index (Phi) is 7.79. The van der Waals surface area contributed by atoms with Gasteiger partial charge in [0.1, 0.15) is 5.75 Å². The lowest BCUT2D eigenvalue weighted by molar-refractivity contribution is 0.00130. The summed E-state index contributed by atoms with van der Waals surface area (Å²) in [5, 5.41) is 11.3. The van der Waals surface area contributed by atoms with Crippen LogP contribution in [0.4, 0.5) is 5.69 Å². The first-order valence-corrected chi connectivity index (χ1v) is 17.0. The molecule has 0 radical (unpaired) electrons. The third kappa shape index (κ3) is 5.59. The number of carbonyl (C=O) groups is 1. The number of nitrogens with zero attached hydrogens (tertiary/aromatic N) is 1. The highest BCUT2D eigenvalue weighted by atomic mass is 35.5. The fraction of sp³-hybridized carbons (Fsp3) is 0.594. The van der Waals surface area contributed by atoms with Gasteiger partial charge in [0.2, 0.25) is 10.0 Å². The monoisotopic (exact) mass is 600 g/mol. The largest absolute Gasteiger partial charge is 0.490 e. The number of sulfonamides is 1. The molecule has 1 amide bonds. The van der Waals surface area contributed by atoms with Gasteiger partial charge in [0, 0.05) is 29.1 Å². The van der Waals surface area contributed by atoms with E-state index in [1.165, 1.54) is 11.1 Å². The van der Waals surface area contributed by atoms with Gasteiger partial charge in [0.15, 0.2) is 0 Å². The zero-order valence-corrected chi connectivity index (χ0v) is 25.5. The van der Waals surface area contributed by atoms with Crippen LogP contribution < -0.4 is 14.4 Å². The van der Waals surface area contributed by atoms with Crippen LogP contribution >= 0.6 is 11.6 Å². The average molecular weight is 601 g/mol. The maximum Gasteiger partial charge on any atom is 0.264 e. The van der Waals surface area contributed by atoms with Crippen LogP contribution in [0.25, 0.3) is 0 Å². The standard InChI is InChI=1S/C32H41ClN2O5S/c1-20-5-6-21(2)41(38,39)34-31(37)23-8-12-30-28(16-23)35(17-24-7-10-26(24)29(36)14-20)18-32(19-40-30)13-3-4-22-15-25(33)9-11-27(22)32/h8-9,11-12,15-16,20-21,24,26,29,36H,3-7,10,13-14,17-19H2,1-2H3,(H,34,37)/t20-,21+,24-,26+,29-,32-/m0/s1. The number of aliphatic hydroxyl groups excluding tert-OH is 1. The number of ether oxygens (including phenoxy) is 1. The van der Waals surface area contributed by atoms with E-state index in [4.69, 9.17) is 16.3 Å². The van der Waals surface area contributed by atoms with Crippen molar-refractivity contribution in [1.29, 1.82) is 0 Å². The molecule has 7 nitrogen and oxygen atoms in total. The van der Waals surface area contributed by atoms with Gasteiger partial charge in [0.25, 0.3) is 5.91 Å². The second kappa shape index (κ2) is 11.1. The van der Waals surface area contributed by atoms with Gasteiger partial charge < -0.3 is 14.7 Å². The number of rotatable bonds is 0. The Morgan fingerprint density at radius 3 is 2.71 bits per heavy atom. The topological polar surface area (TPSA) is 95.9 Å². The van der Waals surface area contributed by atoms with Gasteiger partial charge in [-0.05, 0) is 118 Å². The zero-order chi connectivity index (χ0) is 28.9. The van der Waals surface area contributed by atoms with Crippen LogP contribution in [0.5, 0.6) is 5.75 Å². The molecular weight excluding hydrogens is 560 g/mol. The van der Waals surface area contributed by atoms with Crippen molar-refractivity contribution < 1.29 is 23.1 Å². The SMILES string of the molecule is C[C@H]1CC[C@@H](C)S(=O)(=O)NC(=O)c2ccc3c(c2)N(C[C@@H]2CC[C@H]2[C@@H](O)C1)C[C@@]1(CCCc2cc(Cl)ccc21)CO3. The van der Waals surface area contributed by atoms with E-state index in [1.807, 2.05) is 6.07 Å². The van der Waals surface area contributed by atoms with Gasteiger partial charge in [-0.15, -0.1) is 0 Å². The van der Waals surface area contributed by atoms with Crippen LogP contribution in [0.2, 0.25) is 5.02 Å². The zero-order valence-electron chi connectivity index (χ0n) is 23.9. The van der Waals surface area contributed by atoms with Crippen LogP contribution in [-0.2, 0) is 21.9 Å². The Morgan fingerprint density at radius 1 is 1.10 bits per heavy atom. The number of benzene rings is 2. The lowest BCUT2D eigenvalue weighted by Gasteiger charge is -2.46. The van der Waals surface area contributed by atoms with E-state index in [9.17, 15) is 18.3 Å². The number of fused-ring (bicyclic) bond motifs is 4. The molecule has 9 heteroatoms.